The van der Waals surface area contributed by atoms with Gasteiger partial charge in [0.2, 0.25) is 5.03 Å². The van der Waals surface area contributed by atoms with Crippen LogP contribution in [0, 0.1) is 20.8 Å². The number of primary sulfonamides is 1. The largest absolute Gasteiger partial charge is 0.483 e. The van der Waals surface area contributed by atoms with Crippen LogP contribution in [0.25, 0.3) is 22.3 Å². The van der Waals surface area contributed by atoms with Crippen molar-refractivity contribution in [3.63, 3.8) is 0 Å². The van der Waals surface area contributed by atoms with Gasteiger partial charge in [-0.15, -0.1) is 0 Å². The summed E-state index contributed by atoms with van der Waals surface area (Å²) in [4.78, 5) is 17.2. The van der Waals surface area contributed by atoms with E-state index in [1.54, 1.807) is 44.5 Å². The maximum absolute atomic E-state index is 13.1. The van der Waals surface area contributed by atoms with Crippen LogP contribution < -0.4 is 15.3 Å². The quantitative estimate of drug-likeness (QED) is 0.466. The van der Waals surface area contributed by atoms with Gasteiger partial charge in [-0.1, -0.05) is 0 Å². The monoisotopic (exact) mass is 471 g/mol. The van der Waals surface area contributed by atoms with Gasteiger partial charge in [0.15, 0.2) is 11.2 Å². The van der Waals surface area contributed by atoms with Gasteiger partial charge in [0, 0.05) is 27.8 Å². The minimum absolute atomic E-state index is 0.0250. The zero-order valence-corrected chi connectivity index (χ0v) is 19.5. The van der Waals surface area contributed by atoms with E-state index in [9.17, 15) is 13.2 Å². The Balaban J connectivity index is 1.89. The number of rotatable bonds is 5. The Hall–Kier alpha value is -3.08. The fourth-order valence-electron chi connectivity index (χ4n) is 3.53. The first-order chi connectivity index (χ1) is 15.1. The number of aromatic nitrogens is 2. The van der Waals surface area contributed by atoms with Crippen molar-refractivity contribution in [2.24, 2.45) is 5.14 Å². The third-order valence-electron chi connectivity index (χ3n) is 5.06. The Morgan fingerprint density at radius 3 is 2.59 bits per heavy atom. The number of sulfonamides is 1. The van der Waals surface area contributed by atoms with Crippen LogP contribution in [0.2, 0.25) is 0 Å². The molecule has 10 heteroatoms. The zero-order chi connectivity index (χ0) is 23.2. The number of nitrogens with two attached hydrogens (primary N) is 1. The number of fused-ring (bicyclic) bond motifs is 1. The molecule has 0 aliphatic heterocycles. The molecule has 0 spiro atoms. The van der Waals surface area contributed by atoms with E-state index >= 15 is 0 Å². The summed E-state index contributed by atoms with van der Waals surface area (Å²) in [6, 6.07) is 6.76. The van der Waals surface area contributed by atoms with E-state index in [0.29, 0.717) is 39.1 Å². The predicted octanol–water partition coefficient (Wildman–Crippen LogP) is 4.02. The van der Waals surface area contributed by atoms with Gasteiger partial charge in [-0.25, -0.2) is 22.9 Å². The topological polar surface area (TPSA) is 125 Å². The highest BCUT2D eigenvalue weighted by atomic mass is 32.2. The van der Waals surface area contributed by atoms with Crippen LogP contribution in [0.3, 0.4) is 0 Å². The molecule has 0 bridgehead atoms. The first-order valence-corrected chi connectivity index (χ1v) is 12.1. The number of hydrogen-bond donors (Lipinski definition) is 1. The normalized spacial score (nSPS) is 12.8. The van der Waals surface area contributed by atoms with Crippen molar-refractivity contribution in [1.82, 2.24) is 9.36 Å². The molecule has 32 heavy (non-hydrogen) atoms. The van der Waals surface area contributed by atoms with Crippen LogP contribution in [0.1, 0.15) is 35.4 Å². The van der Waals surface area contributed by atoms with E-state index in [1.807, 2.05) is 13.0 Å². The summed E-state index contributed by atoms with van der Waals surface area (Å²) in [7, 11) is -4.10. The lowest BCUT2D eigenvalue weighted by Crippen LogP contribution is -2.17. The number of aryl methyl sites for hydroxylation is 2. The summed E-state index contributed by atoms with van der Waals surface area (Å²) in [5, 5.41) is 7.22. The molecule has 4 rings (SSSR count). The number of nitrogens with zero attached hydrogens (tertiary/aromatic N) is 2. The van der Waals surface area contributed by atoms with Gasteiger partial charge < -0.3 is 9.15 Å². The highest BCUT2D eigenvalue weighted by Crippen LogP contribution is 2.34. The fraction of sp³-hybridized carbons (Fsp3) is 0.227. The summed E-state index contributed by atoms with van der Waals surface area (Å²) < 4.78 is 40.3. The molecule has 1 atom stereocenters. The summed E-state index contributed by atoms with van der Waals surface area (Å²) in [6.07, 6.45) is 0.980. The molecule has 1 aromatic carbocycles. The van der Waals surface area contributed by atoms with Gasteiger partial charge in [-0.05, 0) is 69.1 Å². The van der Waals surface area contributed by atoms with E-state index in [4.69, 9.17) is 14.3 Å². The molecule has 4 aromatic rings. The molecule has 0 aliphatic carbocycles. The van der Waals surface area contributed by atoms with Gasteiger partial charge in [-0.3, -0.25) is 4.79 Å². The zero-order valence-electron chi connectivity index (χ0n) is 17.9. The van der Waals surface area contributed by atoms with Crippen molar-refractivity contribution in [3.05, 3.63) is 68.4 Å². The van der Waals surface area contributed by atoms with E-state index in [-0.39, 0.29) is 16.2 Å². The first kappa shape index (κ1) is 22.1. The van der Waals surface area contributed by atoms with Crippen molar-refractivity contribution >= 4 is 32.5 Å². The molecule has 2 N–H and O–H groups in total. The lowest BCUT2D eigenvalue weighted by atomic mass is 10.0. The van der Waals surface area contributed by atoms with E-state index in [0.717, 1.165) is 5.56 Å². The molecule has 8 nitrogen and oxygen atoms in total. The third-order valence-corrected chi connectivity index (χ3v) is 6.48. The number of hydrogen-bond acceptors (Lipinski definition) is 8. The Bertz CT molecular complexity index is 1490. The highest BCUT2D eigenvalue weighted by Gasteiger charge is 2.23. The Morgan fingerprint density at radius 1 is 1.19 bits per heavy atom. The summed E-state index contributed by atoms with van der Waals surface area (Å²) in [5.41, 5.74) is 3.36. The smallest absolute Gasteiger partial charge is 0.259 e. The van der Waals surface area contributed by atoms with Crippen molar-refractivity contribution in [1.29, 1.82) is 0 Å². The fourth-order valence-corrected chi connectivity index (χ4v) is 4.71. The molecule has 0 unspecified atom stereocenters. The van der Waals surface area contributed by atoms with E-state index in [1.165, 1.54) is 17.6 Å². The minimum Gasteiger partial charge on any atom is -0.483 e. The van der Waals surface area contributed by atoms with Gasteiger partial charge in [0.1, 0.15) is 17.4 Å². The Morgan fingerprint density at radius 2 is 1.94 bits per heavy atom. The molecular weight excluding hydrogens is 450 g/mol. The third kappa shape index (κ3) is 4.04. The van der Waals surface area contributed by atoms with Gasteiger partial charge in [0.25, 0.3) is 10.0 Å². The second-order valence-corrected chi connectivity index (χ2v) is 9.72. The van der Waals surface area contributed by atoms with Crippen LogP contribution in [0.15, 0.2) is 50.1 Å². The minimum atomic E-state index is -4.10. The second kappa shape index (κ2) is 8.12. The number of pyridine rings is 1. The molecular formula is C22H21N3O5S2. The molecule has 0 fully saturated rings. The van der Waals surface area contributed by atoms with Crippen LogP contribution >= 0.6 is 11.5 Å². The summed E-state index contributed by atoms with van der Waals surface area (Å²) >= 11 is 1.26. The summed E-state index contributed by atoms with van der Waals surface area (Å²) in [6.45, 7) is 6.99. The number of benzene rings is 1. The van der Waals surface area contributed by atoms with Gasteiger partial charge in [-0.2, -0.15) is 0 Å². The predicted molar refractivity (Wildman–Crippen MR) is 122 cm³/mol. The van der Waals surface area contributed by atoms with Crippen LogP contribution in [0.5, 0.6) is 5.75 Å². The molecule has 3 aromatic heterocycles. The lowest BCUT2D eigenvalue weighted by Gasteiger charge is -2.19. The second-order valence-electron chi connectivity index (χ2n) is 7.59. The molecule has 0 saturated heterocycles. The average Bonchev–Trinajstić information content (AvgIpc) is 3.25. The van der Waals surface area contributed by atoms with Crippen LogP contribution in [-0.2, 0) is 10.0 Å². The van der Waals surface area contributed by atoms with Gasteiger partial charge >= 0.3 is 0 Å². The van der Waals surface area contributed by atoms with Crippen molar-refractivity contribution in [3.8, 4) is 17.1 Å². The standard InChI is InChI=1S/C22H21N3O5S2/c1-11-7-16(14(4)29-18-6-5-12(2)25-22(18)32(23,27)28)21-17(8-11)19(26)13(3)20(30-21)15-9-24-31-10-15/h5-10,14H,1-4H3,(H2,23,27,28)/t14-/m1/s1. The van der Waals surface area contributed by atoms with E-state index in [2.05, 4.69) is 9.36 Å². The molecule has 0 radical (unpaired) electrons. The molecule has 0 amide bonds. The Labute approximate surface area is 188 Å². The van der Waals surface area contributed by atoms with E-state index < -0.39 is 16.1 Å². The maximum Gasteiger partial charge on any atom is 0.259 e. The van der Waals surface area contributed by atoms with Crippen molar-refractivity contribution in [2.45, 2.75) is 38.8 Å². The molecule has 0 aliphatic rings. The average molecular weight is 472 g/mol. The number of ether oxygens (including phenoxy) is 1. The highest BCUT2D eigenvalue weighted by molar-refractivity contribution is 7.89. The molecule has 0 saturated carbocycles. The van der Waals surface area contributed by atoms with Crippen LogP contribution in [-0.4, -0.2) is 17.8 Å². The van der Waals surface area contributed by atoms with Crippen molar-refractivity contribution in [2.75, 3.05) is 0 Å². The maximum atomic E-state index is 13.1. The van der Waals surface area contributed by atoms with Crippen LogP contribution in [0.4, 0.5) is 0 Å². The van der Waals surface area contributed by atoms with Crippen molar-refractivity contribution < 1.29 is 17.6 Å². The lowest BCUT2D eigenvalue weighted by molar-refractivity contribution is 0.218. The summed E-state index contributed by atoms with van der Waals surface area (Å²) in [5.74, 6) is 0.466. The molecule has 166 valence electrons. The molecule has 3 heterocycles. The van der Waals surface area contributed by atoms with Gasteiger partial charge in [0.05, 0.1) is 11.6 Å². The SMILES string of the molecule is Cc1cc([C@@H](C)Oc2ccc(C)nc2S(N)(=O)=O)c2oc(-c3cnsc3)c(C)c(=O)c2c1. The Kier molecular flexibility index (Phi) is 5.61. The first-order valence-electron chi connectivity index (χ1n) is 9.71.